The largest absolute Gasteiger partial charge is 0.492 e. The molecule has 1 amide bonds. The number of thiazole rings is 1. The monoisotopic (exact) mass is 505 g/mol. The summed E-state index contributed by atoms with van der Waals surface area (Å²) in [6.07, 6.45) is 7.14. The van der Waals surface area contributed by atoms with Crippen molar-refractivity contribution >= 4 is 17.2 Å². The van der Waals surface area contributed by atoms with E-state index in [-0.39, 0.29) is 11.9 Å². The number of rotatable bonds is 8. The van der Waals surface area contributed by atoms with E-state index in [2.05, 4.69) is 15.2 Å². The van der Waals surface area contributed by atoms with Crippen LogP contribution in [0.25, 0.3) is 0 Å². The Hall–Kier alpha value is -2.26. The van der Waals surface area contributed by atoms with Gasteiger partial charge in [0.2, 0.25) is 0 Å². The fourth-order valence-electron chi connectivity index (χ4n) is 5.29. The zero-order valence-corrected chi connectivity index (χ0v) is 21.0. The van der Waals surface area contributed by atoms with E-state index < -0.39 is 12.5 Å². The zero-order valence-electron chi connectivity index (χ0n) is 20.2. The zero-order chi connectivity index (χ0) is 24.4. The molecule has 1 aromatic heterocycles. The molecule has 5 rings (SSSR count). The number of alkyl halides is 2. The van der Waals surface area contributed by atoms with Crippen LogP contribution >= 0.6 is 11.3 Å². The van der Waals surface area contributed by atoms with E-state index >= 15 is 0 Å². The van der Waals surface area contributed by atoms with Crippen molar-refractivity contribution in [3.63, 3.8) is 0 Å². The molecule has 0 atom stereocenters. The number of aromatic nitrogens is 1. The third-order valence-electron chi connectivity index (χ3n) is 7.23. The Kier molecular flexibility index (Phi) is 7.25. The van der Waals surface area contributed by atoms with Crippen LogP contribution < -0.4 is 14.8 Å². The van der Waals surface area contributed by atoms with Gasteiger partial charge in [-0.05, 0) is 62.6 Å². The highest BCUT2D eigenvalue weighted by Gasteiger charge is 2.28. The lowest BCUT2D eigenvalue weighted by atomic mass is 9.84. The second-order valence-corrected chi connectivity index (χ2v) is 11.2. The first-order valence-corrected chi connectivity index (χ1v) is 13.4. The van der Waals surface area contributed by atoms with Gasteiger partial charge in [-0.15, -0.1) is 0 Å². The van der Waals surface area contributed by atoms with Gasteiger partial charge in [-0.2, -0.15) is 0 Å². The molecule has 35 heavy (non-hydrogen) atoms. The second kappa shape index (κ2) is 10.4. The third-order valence-corrected chi connectivity index (χ3v) is 8.30. The van der Waals surface area contributed by atoms with Crippen LogP contribution in [0.4, 0.5) is 8.78 Å². The second-order valence-electron chi connectivity index (χ2n) is 10.1. The van der Waals surface area contributed by atoms with Gasteiger partial charge < -0.3 is 14.8 Å². The third kappa shape index (κ3) is 6.12. The lowest BCUT2D eigenvalue weighted by Crippen LogP contribution is -2.38. The van der Waals surface area contributed by atoms with E-state index in [1.165, 1.54) is 11.3 Å². The molecule has 1 saturated carbocycles. The first kappa shape index (κ1) is 24.4. The summed E-state index contributed by atoms with van der Waals surface area (Å²) in [5.41, 5.74) is 2.75. The van der Waals surface area contributed by atoms with Crippen LogP contribution in [-0.2, 0) is 19.4 Å². The minimum Gasteiger partial charge on any atom is -0.492 e. The first-order chi connectivity index (χ1) is 16.8. The van der Waals surface area contributed by atoms with Gasteiger partial charge in [-0.1, -0.05) is 23.5 Å². The molecule has 0 radical (unpaired) electrons. The molecule has 2 aromatic rings. The van der Waals surface area contributed by atoms with Crippen molar-refractivity contribution in [1.29, 1.82) is 0 Å². The molecular weight excluding hydrogens is 472 g/mol. The number of fused-ring (bicyclic) bond motifs is 2. The quantitative estimate of drug-likeness (QED) is 0.556. The molecule has 0 unspecified atom stereocenters. The van der Waals surface area contributed by atoms with Gasteiger partial charge in [-0.25, -0.2) is 13.8 Å². The normalized spacial score (nSPS) is 22.3. The van der Waals surface area contributed by atoms with Crippen molar-refractivity contribution in [2.45, 2.75) is 70.4 Å². The Labute approximate surface area is 209 Å². The standard InChI is InChI=1S/C26H33F2N3O3S/c1-26(27,28)16-34-25-30-21-15-31(13-10-22(21)35-25)12-9-17-5-7-19(8-6-17)29-24(32)20-4-2-3-18-11-14-33-23(18)20/h2-4,17,19H,5-16H2,1H3,(H,29,32)/t17-,19-. The smallest absolute Gasteiger partial charge is 0.278 e. The topological polar surface area (TPSA) is 63.7 Å². The molecule has 1 fully saturated rings. The fourth-order valence-corrected chi connectivity index (χ4v) is 6.19. The molecular formula is C26H33F2N3O3S. The highest BCUT2D eigenvalue weighted by atomic mass is 32.1. The van der Waals surface area contributed by atoms with E-state index in [0.717, 1.165) is 93.4 Å². The average Bonchev–Trinajstić information content (AvgIpc) is 3.48. The minimum absolute atomic E-state index is 0.0226. The van der Waals surface area contributed by atoms with Crippen LogP contribution in [-0.4, -0.2) is 54.1 Å². The van der Waals surface area contributed by atoms with E-state index in [9.17, 15) is 13.6 Å². The van der Waals surface area contributed by atoms with Crippen molar-refractivity contribution in [3.8, 4) is 10.9 Å². The van der Waals surface area contributed by atoms with Gasteiger partial charge in [0, 0.05) is 37.4 Å². The van der Waals surface area contributed by atoms with E-state index in [1.54, 1.807) is 0 Å². The van der Waals surface area contributed by atoms with Crippen molar-refractivity contribution in [2.24, 2.45) is 5.92 Å². The number of carbonyl (C=O) groups excluding carboxylic acids is 1. The number of halogens is 2. The number of nitrogens with zero attached hydrogens (tertiary/aromatic N) is 2. The lowest BCUT2D eigenvalue weighted by Gasteiger charge is -2.32. The molecule has 0 bridgehead atoms. The van der Waals surface area contributed by atoms with Crippen LogP contribution in [0.2, 0.25) is 0 Å². The predicted molar refractivity (Wildman–Crippen MR) is 131 cm³/mol. The first-order valence-electron chi connectivity index (χ1n) is 12.6. The average molecular weight is 506 g/mol. The molecule has 190 valence electrons. The summed E-state index contributed by atoms with van der Waals surface area (Å²) in [6, 6.07) is 6.04. The Bertz CT molecular complexity index is 1050. The maximum Gasteiger partial charge on any atom is 0.278 e. The number of nitrogens with one attached hydrogen (secondary N) is 1. The maximum atomic E-state index is 13.1. The maximum absolute atomic E-state index is 13.1. The van der Waals surface area contributed by atoms with Gasteiger partial charge in [0.05, 0.1) is 17.9 Å². The Morgan fingerprint density at radius 1 is 1.29 bits per heavy atom. The minimum atomic E-state index is -2.85. The van der Waals surface area contributed by atoms with Gasteiger partial charge in [0.15, 0.2) is 6.61 Å². The van der Waals surface area contributed by atoms with Crippen LogP contribution in [0.3, 0.4) is 0 Å². The molecule has 0 spiro atoms. The van der Waals surface area contributed by atoms with Crippen molar-refractivity contribution in [2.75, 3.05) is 26.3 Å². The summed E-state index contributed by atoms with van der Waals surface area (Å²) in [5, 5.41) is 3.58. The number of ether oxygens (including phenoxy) is 2. The number of benzene rings is 1. The Morgan fingerprint density at radius 3 is 2.91 bits per heavy atom. The molecule has 1 N–H and O–H groups in total. The molecule has 9 heteroatoms. The summed E-state index contributed by atoms with van der Waals surface area (Å²) in [7, 11) is 0. The summed E-state index contributed by atoms with van der Waals surface area (Å²) >= 11 is 1.40. The van der Waals surface area contributed by atoms with Crippen LogP contribution in [0, 0.1) is 5.92 Å². The van der Waals surface area contributed by atoms with Crippen molar-refractivity contribution in [3.05, 3.63) is 39.9 Å². The Balaban J connectivity index is 1.04. The highest BCUT2D eigenvalue weighted by Crippen LogP contribution is 2.33. The lowest BCUT2D eigenvalue weighted by molar-refractivity contribution is -0.0230. The van der Waals surface area contributed by atoms with Crippen molar-refractivity contribution < 1.29 is 23.0 Å². The number of amides is 1. The van der Waals surface area contributed by atoms with Crippen LogP contribution in [0.1, 0.15) is 65.5 Å². The molecule has 2 aliphatic heterocycles. The molecule has 6 nitrogen and oxygen atoms in total. The van der Waals surface area contributed by atoms with Gasteiger partial charge >= 0.3 is 0 Å². The number of hydrogen-bond donors (Lipinski definition) is 1. The number of hydrogen-bond acceptors (Lipinski definition) is 6. The van der Waals surface area contributed by atoms with E-state index in [4.69, 9.17) is 9.47 Å². The van der Waals surface area contributed by atoms with Gasteiger partial charge in [0.25, 0.3) is 17.0 Å². The summed E-state index contributed by atoms with van der Waals surface area (Å²) < 4.78 is 37.0. The molecule has 1 aliphatic carbocycles. The van der Waals surface area contributed by atoms with E-state index in [0.29, 0.717) is 23.3 Å². The summed E-state index contributed by atoms with van der Waals surface area (Å²) in [6.45, 7) is 3.61. The molecule has 3 heterocycles. The van der Waals surface area contributed by atoms with Crippen LogP contribution in [0.5, 0.6) is 10.9 Å². The van der Waals surface area contributed by atoms with Crippen LogP contribution in [0.15, 0.2) is 18.2 Å². The van der Waals surface area contributed by atoms with Crippen molar-refractivity contribution in [1.82, 2.24) is 15.2 Å². The predicted octanol–water partition coefficient (Wildman–Crippen LogP) is 4.85. The SMILES string of the molecule is CC(F)(F)COc1nc2c(s1)CCN(CC[C@H]1CC[C@H](NC(=O)c3cccc4c3OCC4)CC1)C2. The number of para-hydroxylation sites is 1. The Morgan fingerprint density at radius 2 is 2.11 bits per heavy atom. The molecule has 0 saturated heterocycles. The fraction of sp³-hybridized carbons (Fsp3) is 0.615. The van der Waals surface area contributed by atoms with E-state index in [1.807, 2.05) is 18.2 Å². The van der Waals surface area contributed by atoms with Gasteiger partial charge in [0.1, 0.15) is 5.75 Å². The summed E-state index contributed by atoms with van der Waals surface area (Å²) in [4.78, 5) is 20.8. The highest BCUT2D eigenvalue weighted by molar-refractivity contribution is 7.13. The molecule has 1 aromatic carbocycles. The van der Waals surface area contributed by atoms with Gasteiger partial charge in [-0.3, -0.25) is 9.69 Å². The summed E-state index contributed by atoms with van der Waals surface area (Å²) in [5.74, 6) is -1.46. The molecule has 3 aliphatic rings. The number of carbonyl (C=O) groups is 1.